The Hall–Kier alpha value is -1.51. The molecule has 1 unspecified atom stereocenters. The van der Waals surface area contributed by atoms with Gasteiger partial charge in [-0.3, -0.25) is 0 Å². The molecule has 2 heterocycles. The summed E-state index contributed by atoms with van der Waals surface area (Å²) in [6.07, 6.45) is 2.36. The number of rotatable bonds is 3. The Morgan fingerprint density at radius 3 is 2.78 bits per heavy atom. The summed E-state index contributed by atoms with van der Waals surface area (Å²) >= 11 is 0. The van der Waals surface area contributed by atoms with Crippen LogP contribution in [0.1, 0.15) is 29.6 Å². The average Bonchev–Trinajstić information content (AvgIpc) is 2.95. The third kappa shape index (κ3) is 2.98. The molecular weight excluding hydrogens is 325 g/mol. The van der Waals surface area contributed by atoms with Gasteiger partial charge in [-0.05, 0) is 37.5 Å². The molecule has 0 aromatic heterocycles. The highest BCUT2D eigenvalue weighted by atomic mass is 32.2. The molecule has 0 amide bonds. The summed E-state index contributed by atoms with van der Waals surface area (Å²) in [6, 6.07) is 2.83. The van der Waals surface area contributed by atoms with E-state index in [0.29, 0.717) is 26.2 Å². The maximum absolute atomic E-state index is 14.0. The summed E-state index contributed by atoms with van der Waals surface area (Å²) in [5.41, 5.74) is -0.451. The third-order valence-electron chi connectivity index (χ3n) is 4.61. The number of carbonyl (C=O) groups is 1. The van der Waals surface area contributed by atoms with Gasteiger partial charge in [-0.1, -0.05) is 0 Å². The third-order valence-corrected chi connectivity index (χ3v) is 6.47. The van der Waals surface area contributed by atoms with Gasteiger partial charge in [-0.15, -0.1) is 0 Å². The number of hydrogen-bond donors (Lipinski definition) is 1. The highest BCUT2D eigenvalue weighted by Gasteiger charge is 2.43. The summed E-state index contributed by atoms with van der Waals surface area (Å²) in [5, 5.41) is 9.00. The van der Waals surface area contributed by atoms with Crippen LogP contribution in [0.3, 0.4) is 0 Å². The molecule has 2 aliphatic rings. The summed E-state index contributed by atoms with van der Waals surface area (Å²) in [6.45, 7) is 1.71. The van der Waals surface area contributed by atoms with E-state index in [1.807, 2.05) is 0 Å². The highest BCUT2D eigenvalue weighted by Crippen LogP contribution is 2.39. The minimum absolute atomic E-state index is 0.202. The van der Waals surface area contributed by atoms with Gasteiger partial charge in [0.25, 0.3) is 0 Å². The molecule has 1 N–H and O–H groups in total. The van der Waals surface area contributed by atoms with Crippen LogP contribution in [-0.2, 0) is 14.8 Å². The van der Waals surface area contributed by atoms with E-state index in [-0.39, 0.29) is 17.5 Å². The quantitative estimate of drug-likeness (QED) is 0.903. The first-order valence-corrected chi connectivity index (χ1v) is 8.89. The van der Waals surface area contributed by atoms with E-state index in [4.69, 9.17) is 9.84 Å². The van der Waals surface area contributed by atoms with Gasteiger partial charge in [0.05, 0.1) is 12.2 Å². The zero-order valence-corrected chi connectivity index (χ0v) is 13.3. The standard InChI is InChI=1S/C15H18FNO5S/c16-12-3-2-11(14(18)19)8-13(12)23(20,21)17-6-1-4-15(9-17)5-7-22-10-15/h2-3,8H,1,4-7,9-10H2,(H,18,19). The molecule has 8 heteroatoms. The van der Waals surface area contributed by atoms with Crippen LogP contribution in [0, 0.1) is 11.2 Å². The molecule has 1 atom stereocenters. The molecule has 0 radical (unpaired) electrons. The van der Waals surface area contributed by atoms with E-state index < -0.39 is 26.7 Å². The zero-order chi connectivity index (χ0) is 16.7. The second kappa shape index (κ2) is 5.85. The van der Waals surface area contributed by atoms with Gasteiger partial charge in [-0.25, -0.2) is 17.6 Å². The van der Waals surface area contributed by atoms with Crippen LogP contribution in [-0.4, -0.2) is 50.1 Å². The van der Waals surface area contributed by atoms with Crippen molar-refractivity contribution in [2.75, 3.05) is 26.3 Å². The minimum atomic E-state index is -4.07. The molecule has 1 spiro atoms. The monoisotopic (exact) mass is 343 g/mol. The second-order valence-corrected chi connectivity index (χ2v) is 8.10. The van der Waals surface area contributed by atoms with Gasteiger partial charge >= 0.3 is 5.97 Å². The summed E-state index contributed by atoms with van der Waals surface area (Å²) < 4.78 is 46.2. The largest absolute Gasteiger partial charge is 0.478 e. The van der Waals surface area contributed by atoms with Crippen molar-refractivity contribution in [1.82, 2.24) is 4.31 Å². The summed E-state index contributed by atoms with van der Waals surface area (Å²) in [7, 11) is -4.07. The Labute approximate surface area is 133 Å². The van der Waals surface area contributed by atoms with Crippen molar-refractivity contribution >= 4 is 16.0 Å². The second-order valence-electron chi connectivity index (χ2n) is 6.20. The van der Waals surface area contributed by atoms with Crippen LogP contribution in [0.2, 0.25) is 0 Å². The lowest BCUT2D eigenvalue weighted by Crippen LogP contribution is -2.46. The van der Waals surface area contributed by atoms with Crippen molar-refractivity contribution in [3.05, 3.63) is 29.6 Å². The fourth-order valence-electron chi connectivity index (χ4n) is 3.31. The van der Waals surface area contributed by atoms with E-state index in [2.05, 4.69) is 0 Å². The molecular formula is C15H18FNO5S. The Morgan fingerprint density at radius 1 is 1.35 bits per heavy atom. The lowest BCUT2D eigenvalue weighted by molar-refractivity contribution is 0.0696. The van der Waals surface area contributed by atoms with E-state index in [1.54, 1.807) is 0 Å². The average molecular weight is 343 g/mol. The first-order valence-electron chi connectivity index (χ1n) is 7.45. The van der Waals surface area contributed by atoms with Crippen LogP contribution in [0.5, 0.6) is 0 Å². The minimum Gasteiger partial charge on any atom is -0.478 e. The van der Waals surface area contributed by atoms with Crippen molar-refractivity contribution in [2.24, 2.45) is 5.41 Å². The van der Waals surface area contributed by atoms with Crippen molar-refractivity contribution in [2.45, 2.75) is 24.2 Å². The van der Waals surface area contributed by atoms with Crippen LogP contribution in [0.4, 0.5) is 4.39 Å². The number of carboxylic acid groups (broad SMARTS) is 1. The Morgan fingerprint density at radius 2 is 2.13 bits per heavy atom. The maximum atomic E-state index is 14.0. The predicted molar refractivity (Wildman–Crippen MR) is 79.2 cm³/mol. The maximum Gasteiger partial charge on any atom is 0.335 e. The number of ether oxygens (including phenoxy) is 1. The van der Waals surface area contributed by atoms with E-state index in [0.717, 1.165) is 31.0 Å². The number of nitrogens with zero attached hydrogens (tertiary/aromatic N) is 1. The van der Waals surface area contributed by atoms with Crippen LogP contribution >= 0.6 is 0 Å². The fourth-order valence-corrected chi connectivity index (χ4v) is 4.99. The zero-order valence-electron chi connectivity index (χ0n) is 12.5. The van der Waals surface area contributed by atoms with Gasteiger partial charge < -0.3 is 9.84 Å². The van der Waals surface area contributed by atoms with E-state index >= 15 is 0 Å². The molecule has 126 valence electrons. The number of aromatic carboxylic acids is 1. The van der Waals surface area contributed by atoms with Gasteiger partial charge in [0.15, 0.2) is 0 Å². The number of carboxylic acids is 1. The number of halogens is 1. The fraction of sp³-hybridized carbons (Fsp3) is 0.533. The smallest absolute Gasteiger partial charge is 0.335 e. The van der Waals surface area contributed by atoms with Crippen LogP contribution < -0.4 is 0 Å². The van der Waals surface area contributed by atoms with Crippen LogP contribution in [0.25, 0.3) is 0 Å². The normalized spacial score (nSPS) is 25.8. The van der Waals surface area contributed by atoms with Gasteiger partial charge in [-0.2, -0.15) is 4.31 Å². The summed E-state index contributed by atoms with van der Waals surface area (Å²) in [5.74, 6) is -2.22. The van der Waals surface area contributed by atoms with Crippen molar-refractivity contribution in [3.8, 4) is 0 Å². The summed E-state index contributed by atoms with van der Waals surface area (Å²) in [4.78, 5) is 10.4. The Bertz CT molecular complexity index is 727. The van der Waals surface area contributed by atoms with Crippen molar-refractivity contribution in [3.63, 3.8) is 0 Å². The van der Waals surface area contributed by atoms with Crippen molar-refractivity contribution in [1.29, 1.82) is 0 Å². The molecule has 2 fully saturated rings. The SMILES string of the molecule is O=C(O)c1ccc(F)c(S(=O)(=O)N2CCCC3(CCOC3)C2)c1. The molecule has 0 aliphatic carbocycles. The van der Waals surface area contributed by atoms with Crippen LogP contribution in [0.15, 0.2) is 23.1 Å². The molecule has 1 aromatic carbocycles. The molecule has 2 aliphatic heterocycles. The lowest BCUT2D eigenvalue weighted by atomic mass is 9.80. The first-order chi connectivity index (χ1) is 10.8. The predicted octanol–water partition coefficient (Wildman–Crippen LogP) is 1.72. The number of sulfonamides is 1. The Kier molecular flexibility index (Phi) is 4.16. The Balaban J connectivity index is 1.95. The van der Waals surface area contributed by atoms with Crippen molar-refractivity contribution < 1.29 is 27.4 Å². The van der Waals surface area contributed by atoms with E-state index in [1.165, 1.54) is 4.31 Å². The van der Waals surface area contributed by atoms with Gasteiger partial charge in [0, 0.05) is 25.1 Å². The molecule has 23 heavy (non-hydrogen) atoms. The first kappa shape index (κ1) is 16.4. The number of benzene rings is 1. The van der Waals surface area contributed by atoms with E-state index in [9.17, 15) is 17.6 Å². The molecule has 0 bridgehead atoms. The van der Waals surface area contributed by atoms with Gasteiger partial charge in [0.2, 0.25) is 10.0 Å². The lowest BCUT2D eigenvalue weighted by Gasteiger charge is -2.38. The molecule has 1 aromatic rings. The van der Waals surface area contributed by atoms with Gasteiger partial charge in [0.1, 0.15) is 10.7 Å². The molecule has 0 saturated carbocycles. The highest BCUT2D eigenvalue weighted by molar-refractivity contribution is 7.89. The molecule has 2 saturated heterocycles. The number of piperidine rings is 1. The molecule has 6 nitrogen and oxygen atoms in total. The topological polar surface area (TPSA) is 83.9 Å². The number of hydrogen-bond acceptors (Lipinski definition) is 4. The molecule has 3 rings (SSSR count).